The van der Waals surface area contributed by atoms with Crippen molar-refractivity contribution in [3.8, 4) is 5.75 Å². The number of nitrogens with one attached hydrogen (secondary N) is 1. The molecule has 0 aliphatic rings. The molecule has 0 heterocycles. The Morgan fingerprint density at radius 2 is 1.66 bits per heavy atom. The number of carboxylic acids is 1. The number of alkyl halides is 3. The lowest BCUT2D eigenvalue weighted by Crippen LogP contribution is -2.33. The highest BCUT2D eigenvalue weighted by atomic mass is 79.9. The number of carboxylic acid groups (broad SMARTS) is 1. The average Bonchev–Trinajstić information content (AvgIpc) is 2.82. The van der Waals surface area contributed by atoms with E-state index in [2.05, 4.69) is 63.3 Å². The summed E-state index contributed by atoms with van der Waals surface area (Å²) < 4.78 is 39.7. The number of rotatable bonds is 14. The number of oxime groups is 1. The molecule has 17 heteroatoms. The molecular formula is C21H30Br3F3N6O5. The molecule has 1 aromatic rings. The largest absolute Gasteiger partial charge is 0.491 e. The Labute approximate surface area is 242 Å². The second kappa shape index (κ2) is 19.0. The van der Waals surface area contributed by atoms with Gasteiger partial charge in [0, 0.05) is 24.0 Å². The Hall–Kier alpha value is -2.11. The van der Waals surface area contributed by atoms with Crippen LogP contribution in [0.15, 0.2) is 29.6 Å². The number of nitrogens with two attached hydrogens (primary N) is 3. The van der Waals surface area contributed by atoms with E-state index in [4.69, 9.17) is 31.8 Å². The van der Waals surface area contributed by atoms with Gasteiger partial charge in [0.25, 0.3) is 5.91 Å². The van der Waals surface area contributed by atoms with E-state index in [1.165, 1.54) is 0 Å². The quantitative estimate of drug-likeness (QED) is 0.0546. The van der Waals surface area contributed by atoms with E-state index >= 15 is 0 Å². The number of unbranched alkanes of at least 4 members (excludes halogenated alkanes) is 3. The first-order valence-corrected chi connectivity index (χ1v) is 13.5. The molecule has 11 nitrogen and oxygen atoms in total. The van der Waals surface area contributed by atoms with E-state index in [-0.39, 0.29) is 18.1 Å². The molecule has 0 radical (unpaired) electrons. The van der Waals surface area contributed by atoms with Crippen molar-refractivity contribution in [2.75, 3.05) is 26.2 Å². The van der Waals surface area contributed by atoms with Crippen LogP contribution in [0.25, 0.3) is 0 Å². The molecule has 216 valence electrons. The van der Waals surface area contributed by atoms with Crippen LogP contribution in [0, 0.1) is 0 Å². The maximum Gasteiger partial charge on any atom is 0.490 e. The summed E-state index contributed by atoms with van der Waals surface area (Å²) in [6.07, 6.45) is -0.682. The van der Waals surface area contributed by atoms with Crippen molar-refractivity contribution < 1.29 is 37.8 Å². The van der Waals surface area contributed by atoms with Crippen LogP contribution < -0.4 is 27.3 Å². The number of hydrogen-bond donors (Lipinski definition) is 6. The van der Waals surface area contributed by atoms with E-state index < -0.39 is 18.1 Å². The average molecular weight is 743 g/mol. The number of aliphatic imine (C=N–C) groups is 1. The van der Waals surface area contributed by atoms with Gasteiger partial charge in [-0.2, -0.15) is 13.2 Å². The van der Waals surface area contributed by atoms with Gasteiger partial charge >= 0.3 is 12.1 Å². The lowest BCUT2D eigenvalue weighted by Gasteiger charge is -2.16. The van der Waals surface area contributed by atoms with Crippen LogP contribution in [-0.2, 0) is 16.0 Å². The van der Waals surface area contributed by atoms with Crippen molar-refractivity contribution in [2.24, 2.45) is 27.3 Å². The smallest absolute Gasteiger partial charge is 0.490 e. The number of carbonyl (C=O) groups excluding carboxylic acids is 1. The molecule has 9 N–H and O–H groups in total. The second-order valence-electron chi connectivity index (χ2n) is 7.46. The fourth-order valence-electron chi connectivity index (χ4n) is 2.59. The van der Waals surface area contributed by atoms with E-state index in [1.807, 2.05) is 6.07 Å². The molecule has 0 bridgehead atoms. The zero-order valence-corrected chi connectivity index (χ0v) is 24.9. The summed E-state index contributed by atoms with van der Waals surface area (Å²) >= 11 is 10.5. The highest BCUT2D eigenvalue weighted by Gasteiger charge is 2.38. The minimum atomic E-state index is -5.08. The van der Waals surface area contributed by atoms with Gasteiger partial charge in [-0.05, 0) is 69.3 Å². The van der Waals surface area contributed by atoms with Gasteiger partial charge in [-0.15, -0.1) is 0 Å². The fraction of sp³-hybridized carbons (Fsp3) is 0.524. The van der Waals surface area contributed by atoms with Crippen LogP contribution in [0.3, 0.4) is 0 Å². The van der Waals surface area contributed by atoms with Gasteiger partial charge in [-0.25, -0.2) is 4.79 Å². The first-order valence-electron chi connectivity index (χ1n) is 11.1. The van der Waals surface area contributed by atoms with Crippen molar-refractivity contribution in [1.29, 1.82) is 0 Å². The van der Waals surface area contributed by atoms with Crippen molar-refractivity contribution in [2.45, 2.75) is 44.7 Å². The Morgan fingerprint density at radius 1 is 1.05 bits per heavy atom. The monoisotopic (exact) mass is 740 g/mol. The predicted octanol–water partition coefficient (Wildman–Crippen LogP) is 3.66. The number of nitrogens with zero attached hydrogens (tertiary/aromatic N) is 2. The number of benzene rings is 1. The van der Waals surface area contributed by atoms with Crippen LogP contribution in [0.1, 0.15) is 37.7 Å². The van der Waals surface area contributed by atoms with Crippen LogP contribution in [0.5, 0.6) is 5.75 Å². The number of ether oxygens (including phenoxy) is 1. The van der Waals surface area contributed by atoms with Crippen LogP contribution in [0.4, 0.5) is 13.2 Å². The molecule has 0 aliphatic carbocycles. The predicted molar refractivity (Wildman–Crippen MR) is 147 cm³/mol. The molecular weight excluding hydrogens is 713 g/mol. The van der Waals surface area contributed by atoms with Gasteiger partial charge < -0.3 is 37.6 Å². The summed E-state index contributed by atoms with van der Waals surface area (Å²) in [5.41, 5.74) is 16.8. The van der Waals surface area contributed by atoms with Crippen molar-refractivity contribution >= 4 is 71.3 Å². The first kappa shape index (κ1) is 35.9. The topological polar surface area (TPSA) is 199 Å². The molecule has 0 saturated carbocycles. The van der Waals surface area contributed by atoms with Gasteiger partial charge in [-0.1, -0.05) is 33.9 Å². The zero-order chi connectivity index (χ0) is 29.3. The standard InChI is InChI=1S/C19H29Br3N6O3.C2HF3O2/c20-13-11-14(21)17(31-9-5-6-23)16(22)12(13)10-15(28-30)18(29)26-7-3-1-2-4-8-27-19(24)25;3-2(4,5)1(6)7/h11,30H,1-10,23H2,(H,26,29)(H4,24,25,27);(H,6,7)/b28-15-;. The maximum atomic E-state index is 12.4. The summed E-state index contributed by atoms with van der Waals surface area (Å²) in [6.45, 7) is 2.07. The lowest BCUT2D eigenvalue weighted by atomic mass is 10.1. The number of carbonyl (C=O) groups is 2. The summed E-state index contributed by atoms with van der Waals surface area (Å²) in [6, 6.07) is 1.83. The van der Waals surface area contributed by atoms with Gasteiger partial charge in [0.05, 0.1) is 15.6 Å². The Balaban J connectivity index is 0.00000171. The van der Waals surface area contributed by atoms with Crippen molar-refractivity contribution in [3.05, 3.63) is 25.0 Å². The lowest BCUT2D eigenvalue weighted by molar-refractivity contribution is -0.192. The van der Waals surface area contributed by atoms with E-state index in [0.717, 1.165) is 40.2 Å². The number of amides is 1. The molecule has 0 unspecified atom stereocenters. The molecule has 0 aliphatic heterocycles. The molecule has 0 spiro atoms. The molecule has 0 aromatic heterocycles. The van der Waals surface area contributed by atoms with Gasteiger partial charge in [0.1, 0.15) is 11.5 Å². The minimum Gasteiger partial charge on any atom is -0.491 e. The highest BCUT2D eigenvalue weighted by Crippen LogP contribution is 2.40. The zero-order valence-electron chi connectivity index (χ0n) is 20.2. The van der Waals surface area contributed by atoms with E-state index in [1.54, 1.807) is 0 Å². The van der Waals surface area contributed by atoms with Crippen molar-refractivity contribution in [1.82, 2.24) is 5.32 Å². The number of hydrogen-bond acceptors (Lipinski definition) is 7. The summed E-state index contributed by atoms with van der Waals surface area (Å²) in [5.74, 6) is -2.48. The Kier molecular flexibility index (Phi) is 18.0. The van der Waals surface area contributed by atoms with Gasteiger partial charge in [0.2, 0.25) is 0 Å². The summed E-state index contributed by atoms with van der Waals surface area (Å²) in [4.78, 5) is 25.3. The second-order valence-corrected chi connectivity index (χ2v) is 9.96. The molecule has 0 saturated heterocycles. The third kappa shape index (κ3) is 14.7. The summed E-state index contributed by atoms with van der Waals surface area (Å²) in [5, 5.41) is 22.5. The molecule has 0 fully saturated rings. The highest BCUT2D eigenvalue weighted by molar-refractivity contribution is 9.11. The normalized spacial score (nSPS) is 11.3. The summed E-state index contributed by atoms with van der Waals surface area (Å²) in [7, 11) is 0. The SMILES string of the molecule is NCCCOc1c(Br)cc(Br)c(C/C(=N/O)C(=O)NCCCCCCN=C(N)N)c1Br.O=C(O)C(F)(F)F. The fourth-order valence-corrected chi connectivity index (χ4v) is 5.22. The first-order chi connectivity index (χ1) is 17.8. The molecule has 1 amide bonds. The number of guanidine groups is 1. The Morgan fingerprint density at radius 3 is 2.18 bits per heavy atom. The molecule has 38 heavy (non-hydrogen) atoms. The van der Waals surface area contributed by atoms with Crippen LogP contribution in [-0.4, -0.2) is 66.3 Å². The van der Waals surface area contributed by atoms with Crippen LogP contribution in [0.2, 0.25) is 0 Å². The van der Waals surface area contributed by atoms with Gasteiger partial charge in [-0.3, -0.25) is 9.79 Å². The van der Waals surface area contributed by atoms with E-state index in [9.17, 15) is 23.2 Å². The number of aliphatic carboxylic acids is 1. The van der Waals surface area contributed by atoms with E-state index in [0.29, 0.717) is 42.9 Å². The van der Waals surface area contributed by atoms with Gasteiger partial charge in [0.15, 0.2) is 5.96 Å². The van der Waals surface area contributed by atoms with Crippen LogP contribution >= 0.6 is 47.8 Å². The maximum absolute atomic E-state index is 12.4. The Bertz CT molecular complexity index is 977. The minimum absolute atomic E-state index is 0.00406. The van der Waals surface area contributed by atoms with Crippen molar-refractivity contribution in [3.63, 3.8) is 0 Å². The molecule has 1 rings (SSSR count). The molecule has 1 aromatic carbocycles. The third-order valence-electron chi connectivity index (χ3n) is 4.45. The third-order valence-corrected chi connectivity index (χ3v) is 6.59. The molecule has 0 atom stereocenters. The number of halogens is 6.